The van der Waals surface area contributed by atoms with Gasteiger partial charge < -0.3 is 9.84 Å². The Kier molecular flexibility index (Phi) is 5.99. The predicted octanol–water partition coefficient (Wildman–Crippen LogP) is 3.23. The molecule has 0 unspecified atom stereocenters. The number of ether oxygens (including phenoxy) is 1. The highest BCUT2D eigenvalue weighted by molar-refractivity contribution is 5.69. The molecule has 1 saturated carbocycles. The van der Waals surface area contributed by atoms with Crippen LogP contribution in [0.1, 0.15) is 43.2 Å². The topological polar surface area (TPSA) is 63.6 Å². The van der Waals surface area contributed by atoms with Crippen LogP contribution in [0.2, 0.25) is 0 Å². The fourth-order valence-electron chi connectivity index (χ4n) is 3.50. The van der Waals surface area contributed by atoms with Crippen LogP contribution in [0, 0.1) is 11.8 Å². The van der Waals surface area contributed by atoms with Crippen LogP contribution in [0.4, 0.5) is 0 Å². The van der Waals surface area contributed by atoms with Gasteiger partial charge in [-0.2, -0.15) is 0 Å². The quantitative estimate of drug-likeness (QED) is 0.786. The fourth-order valence-corrected chi connectivity index (χ4v) is 3.50. The minimum Gasteiger partial charge on any atom is -0.481 e. The Balaban J connectivity index is 2.02. The van der Waals surface area contributed by atoms with Gasteiger partial charge in [0.15, 0.2) is 0 Å². The molecule has 1 aromatic carbocycles. The van der Waals surface area contributed by atoms with Crippen molar-refractivity contribution in [2.75, 3.05) is 7.11 Å². The Morgan fingerprint density at radius 2 is 1.86 bits per heavy atom. The molecule has 2 rings (SSSR count). The number of rotatable bonds is 7. The van der Waals surface area contributed by atoms with E-state index in [-0.39, 0.29) is 18.3 Å². The Morgan fingerprint density at radius 3 is 2.55 bits per heavy atom. The van der Waals surface area contributed by atoms with E-state index in [2.05, 4.69) is 12.1 Å². The first-order valence-electron chi connectivity index (χ1n) is 7.95. The molecule has 22 heavy (non-hydrogen) atoms. The van der Waals surface area contributed by atoms with Crippen LogP contribution in [0.5, 0.6) is 0 Å². The monoisotopic (exact) mass is 304 g/mol. The van der Waals surface area contributed by atoms with Gasteiger partial charge in [0, 0.05) is 12.8 Å². The van der Waals surface area contributed by atoms with Crippen molar-refractivity contribution < 1.29 is 19.4 Å². The summed E-state index contributed by atoms with van der Waals surface area (Å²) < 4.78 is 4.70. The average molecular weight is 304 g/mol. The molecule has 0 aliphatic heterocycles. The summed E-state index contributed by atoms with van der Waals surface area (Å²) in [6.07, 6.45) is 5.48. The third-order valence-corrected chi connectivity index (χ3v) is 4.68. The van der Waals surface area contributed by atoms with Gasteiger partial charge in [0.25, 0.3) is 0 Å². The molecule has 0 spiro atoms. The number of carboxylic acids is 1. The van der Waals surface area contributed by atoms with Crippen molar-refractivity contribution in [3.8, 4) is 0 Å². The van der Waals surface area contributed by atoms with Crippen molar-refractivity contribution in [3.63, 3.8) is 0 Å². The lowest BCUT2D eigenvalue weighted by molar-refractivity contribution is -0.140. The minimum absolute atomic E-state index is 0.195. The molecule has 120 valence electrons. The van der Waals surface area contributed by atoms with Gasteiger partial charge >= 0.3 is 11.9 Å². The van der Waals surface area contributed by atoms with Crippen molar-refractivity contribution in [1.29, 1.82) is 0 Å². The number of aliphatic carboxylic acids is 1. The molecule has 1 aliphatic carbocycles. The molecule has 1 N–H and O–H groups in total. The normalized spacial score (nSPS) is 20.8. The van der Waals surface area contributed by atoms with Gasteiger partial charge in [0.2, 0.25) is 0 Å². The molecule has 0 aromatic heterocycles. The van der Waals surface area contributed by atoms with E-state index in [4.69, 9.17) is 9.84 Å². The standard InChI is InChI=1S/C18H24O4/c1-22-18(21)10-9-13-5-2-3-6-14(13)11-15-7-4-8-16(15)12-17(19)20/h2-3,5-6,15-16H,4,7-12H2,1H3,(H,19,20)/t15-,16+/m0/s1. The average Bonchev–Trinajstić information content (AvgIpc) is 2.92. The summed E-state index contributed by atoms with van der Waals surface area (Å²) in [7, 11) is 1.41. The number of aryl methyl sites for hydroxylation is 1. The van der Waals surface area contributed by atoms with E-state index in [1.165, 1.54) is 18.2 Å². The smallest absolute Gasteiger partial charge is 0.305 e. The molecule has 4 nitrogen and oxygen atoms in total. The van der Waals surface area contributed by atoms with Crippen molar-refractivity contribution in [3.05, 3.63) is 35.4 Å². The first kappa shape index (κ1) is 16.5. The lowest BCUT2D eigenvalue weighted by Gasteiger charge is -2.19. The van der Waals surface area contributed by atoms with Gasteiger partial charge in [0.05, 0.1) is 7.11 Å². The lowest BCUT2D eigenvalue weighted by atomic mass is 9.85. The van der Waals surface area contributed by atoms with Gasteiger partial charge in [-0.25, -0.2) is 0 Å². The van der Waals surface area contributed by atoms with Crippen LogP contribution in [-0.2, 0) is 27.2 Å². The summed E-state index contributed by atoms with van der Waals surface area (Å²) >= 11 is 0. The second kappa shape index (κ2) is 7.97. The van der Waals surface area contributed by atoms with E-state index in [0.29, 0.717) is 18.8 Å². The second-order valence-corrected chi connectivity index (χ2v) is 6.10. The van der Waals surface area contributed by atoms with E-state index in [1.54, 1.807) is 0 Å². The van der Waals surface area contributed by atoms with Crippen LogP contribution in [0.15, 0.2) is 24.3 Å². The van der Waals surface area contributed by atoms with E-state index in [0.717, 1.165) is 25.7 Å². The highest BCUT2D eigenvalue weighted by Crippen LogP contribution is 2.37. The maximum absolute atomic E-state index is 11.3. The third kappa shape index (κ3) is 4.58. The Labute approximate surface area is 131 Å². The Hall–Kier alpha value is -1.84. The zero-order valence-electron chi connectivity index (χ0n) is 13.1. The largest absolute Gasteiger partial charge is 0.481 e. The van der Waals surface area contributed by atoms with E-state index >= 15 is 0 Å². The first-order chi connectivity index (χ1) is 10.6. The minimum atomic E-state index is -0.698. The molecule has 1 aliphatic rings. The number of carbonyl (C=O) groups is 2. The number of methoxy groups -OCH3 is 1. The van der Waals surface area contributed by atoms with E-state index in [9.17, 15) is 9.59 Å². The van der Waals surface area contributed by atoms with Crippen LogP contribution in [-0.4, -0.2) is 24.2 Å². The molecule has 0 bridgehead atoms. The molecule has 0 saturated heterocycles. The molecule has 0 heterocycles. The molecule has 4 heteroatoms. The van der Waals surface area contributed by atoms with Gasteiger partial charge in [-0.3, -0.25) is 9.59 Å². The molecule has 0 radical (unpaired) electrons. The number of esters is 1. The Bertz CT molecular complexity index is 524. The molecule has 1 aromatic rings. The van der Waals surface area contributed by atoms with Crippen LogP contribution < -0.4 is 0 Å². The molecule has 0 amide bonds. The van der Waals surface area contributed by atoms with Crippen molar-refractivity contribution in [2.24, 2.45) is 11.8 Å². The summed E-state index contributed by atoms with van der Waals surface area (Å²) in [4.78, 5) is 22.3. The third-order valence-electron chi connectivity index (χ3n) is 4.68. The highest BCUT2D eigenvalue weighted by Gasteiger charge is 2.29. The van der Waals surface area contributed by atoms with Crippen LogP contribution in [0.25, 0.3) is 0 Å². The van der Waals surface area contributed by atoms with Crippen molar-refractivity contribution in [2.45, 2.75) is 44.9 Å². The summed E-state index contributed by atoms with van der Waals surface area (Å²) in [5, 5.41) is 9.03. The molecular formula is C18H24O4. The van der Waals surface area contributed by atoms with E-state index < -0.39 is 5.97 Å². The number of carboxylic acid groups (broad SMARTS) is 1. The van der Waals surface area contributed by atoms with Gasteiger partial charge in [-0.15, -0.1) is 0 Å². The Morgan fingerprint density at radius 1 is 1.18 bits per heavy atom. The summed E-state index contributed by atoms with van der Waals surface area (Å²) in [6, 6.07) is 8.15. The zero-order valence-corrected chi connectivity index (χ0v) is 13.1. The fraction of sp³-hybridized carbons (Fsp3) is 0.556. The maximum Gasteiger partial charge on any atom is 0.305 e. The SMILES string of the molecule is COC(=O)CCc1ccccc1C[C@@H]1CCC[C@@H]1CC(=O)O. The summed E-state index contributed by atoms with van der Waals surface area (Å²) in [5.74, 6) is -0.170. The van der Waals surface area contributed by atoms with Gasteiger partial charge in [-0.1, -0.05) is 30.7 Å². The highest BCUT2D eigenvalue weighted by atomic mass is 16.5. The maximum atomic E-state index is 11.3. The number of benzene rings is 1. The molecule has 2 atom stereocenters. The number of hydrogen-bond donors (Lipinski definition) is 1. The van der Waals surface area contributed by atoms with Crippen LogP contribution in [0.3, 0.4) is 0 Å². The first-order valence-corrected chi connectivity index (χ1v) is 7.95. The second-order valence-electron chi connectivity index (χ2n) is 6.10. The number of hydrogen-bond acceptors (Lipinski definition) is 3. The van der Waals surface area contributed by atoms with Crippen molar-refractivity contribution >= 4 is 11.9 Å². The molecule has 1 fully saturated rings. The van der Waals surface area contributed by atoms with Crippen LogP contribution >= 0.6 is 0 Å². The van der Waals surface area contributed by atoms with Crippen molar-refractivity contribution in [1.82, 2.24) is 0 Å². The van der Waals surface area contributed by atoms with E-state index in [1.807, 2.05) is 12.1 Å². The zero-order chi connectivity index (χ0) is 15.9. The summed E-state index contributed by atoms with van der Waals surface area (Å²) in [6.45, 7) is 0. The lowest BCUT2D eigenvalue weighted by Crippen LogP contribution is -2.16. The van der Waals surface area contributed by atoms with Gasteiger partial charge in [0.1, 0.15) is 0 Å². The predicted molar refractivity (Wildman–Crippen MR) is 83.6 cm³/mol. The molecular weight excluding hydrogens is 280 g/mol. The summed E-state index contributed by atoms with van der Waals surface area (Å²) in [5.41, 5.74) is 2.42. The number of carbonyl (C=O) groups excluding carboxylic acids is 1. The van der Waals surface area contributed by atoms with Gasteiger partial charge in [-0.05, 0) is 48.6 Å².